The highest BCUT2D eigenvalue weighted by atomic mass is 19.1. The van der Waals surface area contributed by atoms with Gasteiger partial charge in [0.15, 0.2) is 0 Å². The van der Waals surface area contributed by atoms with E-state index in [1.54, 1.807) is 7.11 Å². The first-order chi connectivity index (χ1) is 8.06. The van der Waals surface area contributed by atoms with Gasteiger partial charge in [-0.3, -0.25) is 0 Å². The summed E-state index contributed by atoms with van der Waals surface area (Å²) < 4.78 is 31.6. The van der Waals surface area contributed by atoms with Gasteiger partial charge in [-0.2, -0.15) is 0 Å². The minimum atomic E-state index is -0.767. The van der Waals surface area contributed by atoms with Crippen molar-refractivity contribution in [3.8, 4) is 0 Å². The first-order valence-corrected chi connectivity index (χ1v) is 5.66. The topological polar surface area (TPSA) is 29.5 Å². The van der Waals surface area contributed by atoms with E-state index in [2.05, 4.69) is 0 Å². The molecule has 0 amide bonds. The molecule has 0 aliphatic heterocycles. The largest absolute Gasteiger partial charge is 0.393 e. The smallest absolute Gasteiger partial charge is 0.129 e. The molecule has 2 nitrogen and oxygen atoms in total. The van der Waals surface area contributed by atoms with Crippen molar-refractivity contribution in [3.05, 3.63) is 35.4 Å². The van der Waals surface area contributed by atoms with E-state index in [9.17, 15) is 13.9 Å². The maximum Gasteiger partial charge on any atom is 0.129 e. The number of benzene rings is 1. The molecule has 0 spiro atoms. The number of hydrogen-bond donors (Lipinski definition) is 1. The van der Waals surface area contributed by atoms with Crippen molar-refractivity contribution in [2.45, 2.75) is 25.9 Å². The number of aliphatic hydroxyl groups is 1. The van der Waals surface area contributed by atoms with Gasteiger partial charge in [-0.05, 0) is 24.5 Å². The fraction of sp³-hybridized carbons (Fsp3) is 0.538. The maximum atomic E-state index is 13.4. The van der Waals surface area contributed by atoms with Gasteiger partial charge in [-0.25, -0.2) is 8.78 Å². The van der Waals surface area contributed by atoms with Crippen molar-refractivity contribution in [1.29, 1.82) is 0 Å². The minimum absolute atomic E-state index is 0.0105. The maximum absolute atomic E-state index is 13.4. The van der Waals surface area contributed by atoms with Crippen LogP contribution in [0.15, 0.2) is 18.2 Å². The molecular weight excluding hydrogens is 226 g/mol. The molecule has 4 heteroatoms. The zero-order valence-electron chi connectivity index (χ0n) is 10.1. The number of ether oxygens (including phenoxy) is 1. The third-order valence-corrected chi connectivity index (χ3v) is 2.91. The monoisotopic (exact) mass is 244 g/mol. The summed E-state index contributed by atoms with van der Waals surface area (Å²) in [7, 11) is 1.58. The molecule has 1 N–H and O–H groups in total. The van der Waals surface area contributed by atoms with Gasteiger partial charge in [0.25, 0.3) is 0 Å². The number of rotatable bonds is 6. The van der Waals surface area contributed by atoms with Crippen LogP contribution in [-0.4, -0.2) is 24.9 Å². The standard InChI is InChI=1S/C13H18F2O2/c1-9(6-7-17-2)13(16)8-10-11(14)4-3-5-12(10)15/h3-5,9,13,16H,6-8H2,1-2H3. The molecule has 96 valence electrons. The summed E-state index contributed by atoms with van der Waals surface area (Å²) in [6, 6.07) is 3.71. The highest BCUT2D eigenvalue weighted by Gasteiger charge is 2.18. The molecule has 1 aromatic rings. The predicted octanol–water partition coefficient (Wildman–Crippen LogP) is 2.54. The molecule has 2 unspecified atom stereocenters. The van der Waals surface area contributed by atoms with Crippen LogP contribution >= 0.6 is 0 Å². The van der Waals surface area contributed by atoms with Crippen molar-refractivity contribution in [3.63, 3.8) is 0 Å². The molecule has 1 rings (SSSR count). The second-order valence-electron chi connectivity index (χ2n) is 4.23. The summed E-state index contributed by atoms with van der Waals surface area (Å²) in [6.45, 7) is 2.36. The molecule has 0 aliphatic carbocycles. The van der Waals surface area contributed by atoms with E-state index in [0.717, 1.165) is 0 Å². The van der Waals surface area contributed by atoms with Gasteiger partial charge in [0.1, 0.15) is 11.6 Å². The Morgan fingerprint density at radius 2 is 1.88 bits per heavy atom. The molecule has 0 saturated heterocycles. The van der Waals surface area contributed by atoms with Crippen LogP contribution in [0.4, 0.5) is 8.78 Å². The average Bonchev–Trinajstić information content (AvgIpc) is 2.30. The van der Waals surface area contributed by atoms with Crippen LogP contribution < -0.4 is 0 Å². The lowest BCUT2D eigenvalue weighted by Gasteiger charge is -2.19. The van der Waals surface area contributed by atoms with Crippen molar-refractivity contribution >= 4 is 0 Å². The molecule has 0 radical (unpaired) electrons. The van der Waals surface area contributed by atoms with Gasteiger partial charge < -0.3 is 9.84 Å². The predicted molar refractivity (Wildman–Crippen MR) is 61.7 cm³/mol. The second kappa shape index (κ2) is 6.67. The van der Waals surface area contributed by atoms with Crippen LogP contribution in [0.5, 0.6) is 0 Å². The van der Waals surface area contributed by atoms with Gasteiger partial charge in [0, 0.05) is 25.7 Å². The van der Waals surface area contributed by atoms with Crippen molar-refractivity contribution in [2.75, 3.05) is 13.7 Å². The van der Waals surface area contributed by atoms with Crippen LogP contribution in [0.2, 0.25) is 0 Å². The number of methoxy groups -OCH3 is 1. The van der Waals surface area contributed by atoms with E-state index in [-0.39, 0.29) is 17.9 Å². The molecule has 0 fully saturated rings. The molecule has 0 saturated carbocycles. The van der Waals surface area contributed by atoms with Gasteiger partial charge in [0.2, 0.25) is 0 Å². The Morgan fingerprint density at radius 3 is 2.41 bits per heavy atom. The Labute approximate surface area is 100 Å². The normalized spacial score (nSPS) is 14.6. The van der Waals surface area contributed by atoms with Crippen LogP contribution in [-0.2, 0) is 11.2 Å². The fourth-order valence-corrected chi connectivity index (χ4v) is 1.63. The van der Waals surface area contributed by atoms with E-state index in [1.807, 2.05) is 6.92 Å². The average molecular weight is 244 g/mol. The van der Waals surface area contributed by atoms with Crippen molar-refractivity contribution in [2.24, 2.45) is 5.92 Å². The van der Waals surface area contributed by atoms with Gasteiger partial charge in [-0.1, -0.05) is 13.0 Å². The lowest BCUT2D eigenvalue weighted by Crippen LogP contribution is -2.22. The third kappa shape index (κ3) is 4.06. The van der Waals surface area contributed by atoms with Gasteiger partial charge in [0.05, 0.1) is 6.10 Å². The second-order valence-corrected chi connectivity index (χ2v) is 4.23. The highest BCUT2D eigenvalue weighted by Crippen LogP contribution is 2.18. The summed E-state index contributed by atoms with van der Waals surface area (Å²) in [5, 5.41) is 9.86. The van der Waals surface area contributed by atoms with E-state index in [1.165, 1.54) is 18.2 Å². The van der Waals surface area contributed by atoms with Crippen molar-refractivity contribution < 1.29 is 18.6 Å². The van der Waals surface area contributed by atoms with Gasteiger partial charge in [-0.15, -0.1) is 0 Å². The zero-order valence-corrected chi connectivity index (χ0v) is 10.1. The molecule has 0 aromatic heterocycles. The van der Waals surface area contributed by atoms with Gasteiger partial charge >= 0.3 is 0 Å². The first kappa shape index (κ1) is 14.1. The Balaban J connectivity index is 2.64. The lowest BCUT2D eigenvalue weighted by atomic mass is 9.95. The summed E-state index contributed by atoms with van der Waals surface area (Å²) in [6.07, 6.45) is -0.117. The minimum Gasteiger partial charge on any atom is -0.393 e. The van der Waals surface area contributed by atoms with Crippen LogP contribution in [0.3, 0.4) is 0 Å². The molecule has 17 heavy (non-hydrogen) atoms. The quantitative estimate of drug-likeness (QED) is 0.833. The van der Waals surface area contributed by atoms with Crippen LogP contribution in [0.1, 0.15) is 18.9 Å². The molecule has 0 heterocycles. The number of hydrogen-bond acceptors (Lipinski definition) is 2. The first-order valence-electron chi connectivity index (χ1n) is 5.66. The van der Waals surface area contributed by atoms with E-state index in [4.69, 9.17) is 4.74 Å². The van der Waals surface area contributed by atoms with Crippen LogP contribution in [0, 0.1) is 17.6 Å². The van der Waals surface area contributed by atoms with Crippen molar-refractivity contribution in [1.82, 2.24) is 0 Å². The summed E-state index contributed by atoms with van der Waals surface area (Å²) in [4.78, 5) is 0. The Morgan fingerprint density at radius 1 is 1.29 bits per heavy atom. The van der Waals surface area contributed by atoms with E-state index in [0.29, 0.717) is 13.0 Å². The van der Waals surface area contributed by atoms with E-state index >= 15 is 0 Å². The molecule has 1 aromatic carbocycles. The fourth-order valence-electron chi connectivity index (χ4n) is 1.63. The summed E-state index contributed by atoms with van der Waals surface area (Å²) in [5.41, 5.74) is -0.0516. The molecule has 0 aliphatic rings. The third-order valence-electron chi connectivity index (χ3n) is 2.91. The summed E-state index contributed by atoms with van der Waals surface area (Å²) >= 11 is 0. The zero-order chi connectivity index (χ0) is 12.8. The summed E-state index contributed by atoms with van der Waals surface area (Å²) in [5.74, 6) is -1.28. The Hall–Kier alpha value is -1.00. The highest BCUT2D eigenvalue weighted by molar-refractivity contribution is 5.20. The molecule has 2 atom stereocenters. The van der Waals surface area contributed by atoms with E-state index < -0.39 is 17.7 Å². The number of aliphatic hydroxyl groups excluding tert-OH is 1. The number of halogens is 2. The molecular formula is C13H18F2O2. The lowest BCUT2D eigenvalue weighted by molar-refractivity contribution is 0.0873. The van der Waals surface area contributed by atoms with Crippen LogP contribution in [0.25, 0.3) is 0 Å². The Bertz CT molecular complexity index is 335. The SMILES string of the molecule is COCCC(C)C(O)Cc1c(F)cccc1F. The molecule has 0 bridgehead atoms. The Kier molecular flexibility index (Phi) is 5.51.